The Morgan fingerprint density at radius 1 is 1.03 bits per heavy atom. The van der Waals surface area contributed by atoms with Gasteiger partial charge in [0.1, 0.15) is 0 Å². The summed E-state index contributed by atoms with van der Waals surface area (Å²) in [7, 11) is 0. The molecule has 0 bridgehead atoms. The average molecular weight is 432 g/mol. The van der Waals surface area contributed by atoms with Crippen molar-refractivity contribution in [3.05, 3.63) is 70.3 Å². The highest BCUT2D eigenvalue weighted by Crippen LogP contribution is 2.34. The lowest BCUT2D eigenvalue weighted by atomic mass is 9.85. The second-order valence-electron chi connectivity index (χ2n) is 8.40. The van der Waals surface area contributed by atoms with Gasteiger partial charge in [0.15, 0.2) is 17.3 Å². The van der Waals surface area contributed by atoms with E-state index in [0.717, 1.165) is 5.56 Å². The van der Waals surface area contributed by atoms with Crippen molar-refractivity contribution < 1.29 is 24.0 Å². The zero-order chi connectivity index (χ0) is 22.8. The molecule has 0 aromatic heterocycles. The van der Waals surface area contributed by atoms with Crippen LogP contribution in [-0.4, -0.2) is 35.7 Å². The van der Waals surface area contributed by atoms with Crippen molar-refractivity contribution in [1.29, 1.82) is 0 Å². The molecule has 2 atom stereocenters. The summed E-state index contributed by atoms with van der Waals surface area (Å²) >= 11 is 0. The molecule has 164 valence electrons. The van der Waals surface area contributed by atoms with Crippen LogP contribution in [0.4, 0.5) is 0 Å². The Balaban J connectivity index is 1.43. The molecule has 2 amide bonds. The predicted molar refractivity (Wildman–Crippen MR) is 116 cm³/mol. The van der Waals surface area contributed by atoms with Crippen molar-refractivity contribution >= 4 is 29.2 Å². The summed E-state index contributed by atoms with van der Waals surface area (Å²) < 4.78 is 0. The molecule has 32 heavy (non-hydrogen) atoms. The van der Waals surface area contributed by atoms with Crippen LogP contribution in [-0.2, 0) is 16.1 Å². The molecule has 1 fully saturated rings. The zero-order valence-electron chi connectivity index (χ0n) is 17.8. The van der Waals surface area contributed by atoms with Gasteiger partial charge in [-0.2, -0.15) is 0 Å². The van der Waals surface area contributed by atoms with Crippen LogP contribution in [0.3, 0.4) is 0 Å². The number of piperidine rings is 1. The quantitative estimate of drug-likeness (QED) is 0.395. The van der Waals surface area contributed by atoms with Gasteiger partial charge >= 0.3 is 0 Å². The van der Waals surface area contributed by atoms with Crippen LogP contribution in [0.1, 0.15) is 61.5 Å². The molecule has 1 saturated heterocycles. The van der Waals surface area contributed by atoms with Crippen LogP contribution < -0.4 is 10.6 Å². The topological polar surface area (TPSA) is 109 Å². The fourth-order valence-electron chi connectivity index (χ4n) is 4.34. The van der Waals surface area contributed by atoms with Crippen molar-refractivity contribution in [2.75, 3.05) is 6.54 Å². The standard InChI is InChI=1S/C25H24N2O5/c1-14-5-7-15(8-6-14)20(28)13-26-12-17-3-2-4-18-22(17)24(31)19(23(18)30)11-16-9-10-21(29)27-25(16)32/h2-8,16,19,26H,9-13H2,1H3,(H,27,29,32). The van der Waals surface area contributed by atoms with Crippen molar-refractivity contribution in [2.45, 2.75) is 32.7 Å². The fourth-order valence-corrected chi connectivity index (χ4v) is 4.34. The summed E-state index contributed by atoms with van der Waals surface area (Å²) in [5.74, 6) is -2.83. The maximum Gasteiger partial charge on any atom is 0.229 e. The highest BCUT2D eigenvalue weighted by atomic mass is 16.2. The molecule has 1 aliphatic carbocycles. The van der Waals surface area contributed by atoms with Crippen LogP contribution in [0.2, 0.25) is 0 Å². The van der Waals surface area contributed by atoms with E-state index in [4.69, 9.17) is 0 Å². The van der Waals surface area contributed by atoms with E-state index in [1.807, 2.05) is 19.1 Å². The second kappa shape index (κ2) is 8.96. The van der Waals surface area contributed by atoms with E-state index in [0.29, 0.717) is 28.7 Å². The minimum atomic E-state index is -0.913. The van der Waals surface area contributed by atoms with Gasteiger partial charge in [-0.3, -0.25) is 29.3 Å². The van der Waals surface area contributed by atoms with Gasteiger partial charge in [0.05, 0.1) is 12.5 Å². The van der Waals surface area contributed by atoms with Crippen LogP contribution in [0, 0.1) is 18.8 Å². The molecule has 7 heteroatoms. The van der Waals surface area contributed by atoms with E-state index in [1.165, 1.54) is 0 Å². The summed E-state index contributed by atoms with van der Waals surface area (Å²) in [6, 6.07) is 12.4. The number of imide groups is 1. The Bertz CT molecular complexity index is 1120. The molecule has 2 unspecified atom stereocenters. The number of carbonyl (C=O) groups is 5. The number of aryl methyl sites for hydroxylation is 1. The highest BCUT2D eigenvalue weighted by Gasteiger charge is 2.42. The predicted octanol–water partition coefficient (Wildman–Crippen LogP) is 2.41. The molecular weight excluding hydrogens is 408 g/mol. The second-order valence-corrected chi connectivity index (χ2v) is 8.40. The average Bonchev–Trinajstić information content (AvgIpc) is 3.01. The summed E-state index contributed by atoms with van der Waals surface area (Å²) in [5, 5.41) is 5.35. The summed E-state index contributed by atoms with van der Waals surface area (Å²) in [6.45, 7) is 2.33. The number of amides is 2. The molecule has 0 radical (unpaired) electrons. The molecular formula is C25H24N2O5. The first-order chi connectivity index (χ1) is 15.3. The minimum absolute atomic E-state index is 0.0595. The van der Waals surface area contributed by atoms with Gasteiger partial charge < -0.3 is 5.32 Å². The molecule has 2 aromatic carbocycles. The number of fused-ring (bicyclic) bond motifs is 1. The number of rotatable bonds is 7. The zero-order valence-corrected chi connectivity index (χ0v) is 17.8. The van der Waals surface area contributed by atoms with Crippen molar-refractivity contribution in [3.63, 3.8) is 0 Å². The van der Waals surface area contributed by atoms with Crippen molar-refractivity contribution in [3.8, 4) is 0 Å². The molecule has 2 N–H and O–H groups in total. The van der Waals surface area contributed by atoms with Gasteiger partial charge in [-0.15, -0.1) is 0 Å². The molecule has 4 rings (SSSR count). The first-order valence-electron chi connectivity index (χ1n) is 10.7. The summed E-state index contributed by atoms with van der Waals surface area (Å²) in [5.41, 5.74) is 3.06. The third kappa shape index (κ3) is 4.29. The number of ketones is 3. The van der Waals surface area contributed by atoms with E-state index in [2.05, 4.69) is 10.6 Å². The van der Waals surface area contributed by atoms with Crippen LogP contribution in [0.25, 0.3) is 0 Å². The van der Waals surface area contributed by atoms with Gasteiger partial charge in [0.25, 0.3) is 0 Å². The monoisotopic (exact) mass is 432 g/mol. The maximum absolute atomic E-state index is 13.1. The molecule has 2 aliphatic rings. The molecule has 1 aliphatic heterocycles. The van der Waals surface area contributed by atoms with Crippen molar-refractivity contribution in [1.82, 2.24) is 10.6 Å². The highest BCUT2D eigenvalue weighted by molar-refractivity contribution is 6.27. The number of Topliss-reactive ketones (excluding diaryl/α,β-unsaturated/α-hetero) is 3. The number of hydrogen-bond acceptors (Lipinski definition) is 6. The number of benzene rings is 2. The molecule has 1 heterocycles. The Kier molecular flexibility index (Phi) is 6.10. The van der Waals surface area contributed by atoms with E-state index in [9.17, 15) is 24.0 Å². The first-order valence-corrected chi connectivity index (χ1v) is 10.7. The Hall–Kier alpha value is -3.45. The largest absolute Gasteiger partial charge is 0.306 e. The lowest BCUT2D eigenvalue weighted by molar-refractivity contribution is -0.136. The Morgan fingerprint density at radius 2 is 1.78 bits per heavy atom. The molecule has 0 saturated carbocycles. The van der Waals surface area contributed by atoms with E-state index < -0.39 is 17.7 Å². The first kappa shape index (κ1) is 21.8. The van der Waals surface area contributed by atoms with Crippen LogP contribution >= 0.6 is 0 Å². The summed E-state index contributed by atoms with van der Waals surface area (Å²) in [6.07, 6.45) is 0.653. The SMILES string of the molecule is Cc1ccc(C(=O)CNCc2cccc3c2C(=O)C(CC2CCC(=O)NC2=O)C3=O)cc1. The smallest absolute Gasteiger partial charge is 0.229 e. The Labute approximate surface area is 185 Å². The third-order valence-corrected chi connectivity index (χ3v) is 6.14. The third-order valence-electron chi connectivity index (χ3n) is 6.14. The van der Waals surface area contributed by atoms with Crippen molar-refractivity contribution in [2.24, 2.45) is 11.8 Å². The summed E-state index contributed by atoms with van der Waals surface area (Å²) in [4.78, 5) is 61.8. The molecule has 0 spiro atoms. The normalized spacial score (nSPS) is 20.3. The van der Waals surface area contributed by atoms with E-state index in [-0.39, 0.29) is 49.2 Å². The van der Waals surface area contributed by atoms with Crippen LogP contribution in [0.5, 0.6) is 0 Å². The van der Waals surface area contributed by atoms with Gasteiger partial charge in [-0.1, -0.05) is 48.0 Å². The maximum atomic E-state index is 13.1. The lowest BCUT2D eigenvalue weighted by Gasteiger charge is -2.22. The molecule has 7 nitrogen and oxygen atoms in total. The number of carbonyl (C=O) groups excluding carboxylic acids is 5. The van der Waals surface area contributed by atoms with Gasteiger partial charge in [-0.25, -0.2) is 0 Å². The molecule has 2 aromatic rings. The lowest BCUT2D eigenvalue weighted by Crippen LogP contribution is -2.42. The van der Waals surface area contributed by atoms with E-state index in [1.54, 1.807) is 30.3 Å². The number of nitrogens with one attached hydrogen (secondary N) is 2. The number of hydrogen-bond donors (Lipinski definition) is 2. The van der Waals surface area contributed by atoms with Gasteiger partial charge in [0.2, 0.25) is 11.8 Å². The van der Waals surface area contributed by atoms with Crippen LogP contribution in [0.15, 0.2) is 42.5 Å². The van der Waals surface area contributed by atoms with Gasteiger partial charge in [0, 0.05) is 35.6 Å². The minimum Gasteiger partial charge on any atom is -0.306 e. The van der Waals surface area contributed by atoms with E-state index >= 15 is 0 Å². The fraction of sp³-hybridized carbons (Fsp3) is 0.320. The van der Waals surface area contributed by atoms with Gasteiger partial charge in [-0.05, 0) is 25.3 Å². The Morgan fingerprint density at radius 3 is 2.50 bits per heavy atom.